The molecule has 0 bridgehead atoms. The molecule has 5 nitrogen and oxygen atoms in total. The van der Waals surface area contributed by atoms with Gasteiger partial charge in [-0.3, -0.25) is 9.48 Å². The number of amides is 1. The second-order valence-corrected chi connectivity index (χ2v) is 5.02. The molecule has 0 unspecified atom stereocenters. The van der Waals surface area contributed by atoms with Crippen LogP contribution in [0.3, 0.4) is 0 Å². The third-order valence-electron chi connectivity index (χ3n) is 2.03. The Hall–Kier alpha value is -1.07. The fraction of sp³-hybridized carbons (Fsp3) is 0.636. The van der Waals surface area contributed by atoms with Gasteiger partial charge in [-0.1, -0.05) is 13.8 Å². The van der Waals surface area contributed by atoms with Crippen molar-refractivity contribution in [2.24, 2.45) is 11.7 Å². The SMILES string of the molecule is CC(C)Cn1cc(NC(=O)C(C)(C)N)cn1.Cl. The van der Waals surface area contributed by atoms with E-state index in [2.05, 4.69) is 24.3 Å². The Balaban J connectivity index is 0.00000256. The van der Waals surface area contributed by atoms with Gasteiger partial charge in [-0.2, -0.15) is 5.10 Å². The van der Waals surface area contributed by atoms with Crippen molar-refractivity contribution in [3.63, 3.8) is 0 Å². The van der Waals surface area contributed by atoms with Crippen molar-refractivity contribution in [2.45, 2.75) is 39.8 Å². The Kier molecular flexibility index (Phi) is 5.64. The molecule has 0 atom stereocenters. The molecule has 0 saturated heterocycles. The zero-order chi connectivity index (χ0) is 12.3. The third kappa shape index (κ3) is 5.19. The lowest BCUT2D eigenvalue weighted by molar-refractivity contribution is -0.120. The van der Waals surface area contributed by atoms with E-state index >= 15 is 0 Å². The minimum atomic E-state index is -0.875. The van der Waals surface area contributed by atoms with Gasteiger partial charge >= 0.3 is 0 Å². The molecular weight excluding hydrogens is 240 g/mol. The van der Waals surface area contributed by atoms with Crippen molar-refractivity contribution < 1.29 is 4.79 Å². The molecule has 6 heteroatoms. The number of hydrogen-bond acceptors (Lipinski definition) is 3. The summed E-state index contributed by atoms with van der Waals surface area (Å²) >= 11 is 0. The van der Waals surface area contributed by atoms with Gasteiger partial charge in [0.05, 0.1) is 17.4 Å². The second kappa shape index (κ2) is 6.02. The number of anilines is 1. The van der Waals surface area contributed by atoms with Gasteiger partial charge < -0.3 is 11.1 Å². The monoisotopic (exact) mass is 260 g/mol. The van der Waals surface area contributed by atoms with Gasteiger partial charge in [-0.25, -0.2) is 0 Å². The molecule has 1 aromatic heterocycles. The molecule has 0 aliphatic heterocycles. The average molecular weight is 261 g/mol. The van der Waals surface area contributed by atoms with Crippen LogP contribution in [0, 0.1) is 5.92 Å². The maximum Gasteiger partial charge on any atom is 0.243 e. The van der Waals surface area contributed by atoms with E-state index in [0.29, 0.717) is 11.6 Å². The Morgan fingerprint density at radius 3 is 2.65 bits per heavy atom. The quantitative estimate of drug-likeness (QED) is 0.864. The van der Waals surface area contributed by atoms with E-state index in [0.717, 1.165) is 6.54 Å². The first kappa shape index (κ1) is 15.9. The largest absolute Gasteiger partial charge is 0.322 e. The van der Waals surface area contributed by atoms with E-state index in [9.17, 15) is 4.79 Å². The average Bonchev–Trinajstić information content (AvgIpc) is 2.49. The van der Waals surface area contributed by atoms with Crippen LogP contribution >= 0.6 is 12.4 Å². The number of rotatable bonds is 4. The molecule has 0 aliphatic rings. The highest BCUT2D eigenvalue weighted by Crippen LogP contribution is 2.09. The predicted molar refractivity (Wildman–Crippen MR) is 71.2 cm³/mol. The predicted octanol–water partition coefficient (Wildman–Crippen LogP) is 1.64. The minimum Gasteiger partial charge on any atom is -0.322 e. The van der Waals surface area contributed by atoms with Crippen LogP contribution in [0.2, 0.25) is 0 Å². The number of halogens is 1. The number of carbonyl (C=O) groups is 1. The Bertz CT molecular complexity index is 368. The van der Waals surface area contributed by atoms with Crippen LogP contribution in [-0.4, -0.2) is 21.2 Å². The van der Waals surface area contributed by atoms with Gasteiger partial charge in [-0.05, 0) is 19.8 Å². The second-order valence-electron chi connectivity index (χ2n) is 5.02. The van der Waals surface area contributed by atoms with Gasteiger partial charge in [0.1, 0.15) is 0 Å². The molecule has 0 aromatic carbocycles. The topological polar surface area (TPSA) is 72.9 Å². The molecular formula is C11H21ClN4O. The molecule has 3 N–H and O–H groups in total. The lowest BCUT2D eigenvalue weighted by atomic mass is 10.1. The van der Waals surface area contributed by atoms with Crippen molar-refractivity contribution in [3.8, 4) is 0 Å². The summed E-state index contributed by atoms with van der Waals surface area (Å²) in [6.07, 6.45) is 3.44. The number of hydrogen-bond donors (Lipinski definition) is 2. The van der Waals surface area contributed by atoms with Crippen molar-refractivity contribution in [3.05, 3.63) is 12.4 Å². The zero-order valence-electron chi connectivity index (χ0n) is 10.7. The molecule has 0 radical (unpaired) electrons. The van der Waals surface area contributed by atoms with E-state index in [1.165, 1.54) is 0 Å². The van der Waals surface area contributed by atoms with E-state index in [1.54, 1.807) is 20.0 Å². The van der Waals surface area contributed by atoms with Crippen LogP contribution in [0.5, 0.6) is 0 Å². The molecule has 1 rings (SSSR count). The summed E-state index contributed by atoms with van der Waals surface area (Å²) < 4.78 is 1.81. The van der Waals surface area contributed by atoms with Crippen molar-refractivity contribution in [1.82, 2.24) is 9.78 Å². The summed E-state index contributed by atoms with van der Waals surface area (Å²) in [6.45, 7) is 8.40. The molecule has 0 spiro atoms. The first-order valence-corrected chi connectivity index (χ1v) is 5.42. The van der Waals surface area contributed by atoms with Crippen LogP contribution in [0.1, 0.15) is 27.7 Å². The number of aromatic nitrogens is 2. The van der Waals surface area contributed by atoms with E-state index in [1.807, 2.05) is 10.9 Å². The zero-order valence-corrected chi connectivity index (χ0v) is 11.5. The summed E-state index contributed by atoms with van der Waals surface area (Å²) in [7, 11) is 0. The minimum absolute atomic E-state index is 0. The van der Waals surface area contributed by atoms with Gasteiger partial charge in [0.15, 0.2) is 0 Å². The highest BCUT2D eigenvalue weighted by molar-refractivity contribution is 5.97. The van der Waals surface area contributed by atoms with Crippen molar-refractivity contribution in [2.75, 3.05) is 5.32 Å². The highest BCUT2D eigenvalue weighted by atomic mass is 35.5. The smallest absolute Gasteiger partial charge is 0.243 e. The van der Waals surface area contributed by atoms with E-state index in [4.69, 9.17) is 5.73 Å². The summed E-state index contributed by atoms with van der Waals surface area (Å²) in [6, 6.07) is 0. The Morgan fingerprint density at radius 1 is 1.59 bits per heavy atom. The van der Waals surface area contributed by atoms with Gasteiger partial charge in [-0.15, -0.1) is 12.4 Å². The van der Waals surface area contributed by atoms with E-state index in [-0.39, 0.29) is 18.3 Å². The molecule has 1 amide bonds. The number of nitrogens with zero attached hydrogens (tertiary/aromatic N) is 2. The van der Waals surface area contributed by atoms with Crippen LogP contribution in [0.15, 0.2) is 12.4 Å². The molecule has 0 aliphatic carbocycles. The first-order valence-electron chi connectivity index (χ1n) is 5.42. The molecule has 1 heterocycles. The molecule has 0 saturated carbocycles. The molecule has 1 aromatic rings. The van der Waals surface area contributed by atoms with Gasteiger partial charge in [0.25, 0.3) is 0 Å². The summed E-state index contributed by atoms with van der Waals surface area (Å²) in [5, 5.41) is 6.88. The first-order chi connectivity index (χ1) is 7.29. The molecule has 0 fully saturated rings. The number of carbonyl (C=O) groups excluding carboxylic acids is 1. The lowest BCUT2D eigenvalue weighted by Gasteiger charge is -2.16. The fourth-order valence-corrected chi connectivity index (χ4v) is 1.19. The summed E-state index contributed by atoms with van der Waals surface area (Å²) in [4.78, 5) is 11.6. The lowest BCUT2D eigenvalue weighted by Crippen LogP contribution is -2.45. The van der Waals surface area contributed by atoms with Gasteiger partial charge in [0, 0.05) is 12.7 Å². The maximum absolute atomic E-state index is 11.6. The normalized spacial score (nSPS) is 11.2. The maximum atomic E-state index is 11.6. The van der Waals surface area contributed by atoms with Crippen LogP contribution in [-0.2, 0) is 11.3 Å². The van der Waals surface area contributed by atoms with Crippen LogP contribution in [0.25, 0.3) is 0 Å². The molecule has 17 heavy (non-hydrogen) atoms. The summed E-state index contributed by atoms with van der Waals surface area (Å²) in [5.74, 6) is 0.311. The fourth-order valence-electron chi connectivity index (χ4n) is 1.19. The van der Waals surface area contributed by atoms with Gasteiger partial charge in [0.2, 0.25) is 5.91 Å². The van der Waals surface area contributed by atoms with Crippen molar-refractivity contribution >= 4 is 24.0 Å². The number of nitrogens with two attached hydrogens (primary N) is 1. The Morgan fingerprint density at radius 2 is 2.18 bits per heavy atom. The van der Waals surface area contributed by atoms with Crippen LogP contribution < -0.4 is 11.1 Å². The van der Waals surface area contributed by atoms with Crippen molar-refractivity contribution in [1.29, 1.82) is 0 Å². The van der Waals surface area contributed by atoms with E-state index < -0.39 is 5.54 Å². The Labute approximate surface area is 108 Å². The third-order valence-corrected chi connectivity index (χ3v) is 2.03. The summed E-state index contributed by atoms with van der Waals surface area (Å²) in [5.41, 5.74) is 5.48. The number of nitrogens with one attached hydrogen (secondary N) is 1. The highest BCUT2D eigenvalue weighted by Gasteiger charge is 2.22. The van der Waals surface area contributed by atoms with Crippen LogP contribution in [0.4, 0.5) is 5.69 Å². The molecule has 98 valence electrons. The standard InChI is InChI=1S/C11H20N4O.ClH/c1-8(2)6-15-7-9(5-13-15)14-10(16)11(3,4)12;/h5,7-8H,6,12H2,1-4H3,(H,14,16);1H.